The van der Waals surface area contributed by atoms with Crippen LogP contribution in [-0.4, -0.2) is 132 Å². The van der Waals surface area contributed by atoms with Crippen LogP contribution in [0.5, 0.6) is 0 Å². The van der Waals surface area contributed by atoms with Gasteiger partial charge < -0.3 is 50.0 Å². The summed E-state index contributed by atoms with van der Waals surface area (Å²) in [4.78, 5) is 41.6. The number of benzene rings is 3. The number of rotatable bonds is 34. The normalized spacial score (nSPS) is 23.9. The predicted octanol–water partition coefficient (Wildman–Crippen LogP) is 19.4. The van der Waals surface area contributed by atoms with Gasteiger partial charge in [0.15, 0.2) is 0 Å². The van der Waals surface area contributed by atoms with E-state index in [4.69, 9.17) is 119 Å². The molecule has 0 saturated heterocycles. The minimum absolute atomic E-state index is 0.0144. The van der Waals surface area contributed by atoms with Gasteiger partial charge >= 0.3 is 17.9 Å². The number of esters is 3. The second-order valence-electron chi connectivity index (χ2n) is 27.8. The van der Waals surface area contributed by atoms with E-state index >= 15 is 0 Å². The summed E-state index contributed by atoms with van der Waals surface area (Å²) in [6, 6.07) is 27.8. The molecule has 3 aliphatic carbocycles. The Balaban J connectivity index is 0.000000215. The van der Waals surface area contributed by atoms with Gasteiger partial charge in [-0.25, -0.2) is 14.4 Å². The zero-order valence-corrected chi connectivity index (χ0v) is 67.3. The number of halogens is 9. The quantitative estimate of drug-likeness (QED) is 0.0114. The molecule has 3 saturated carbocycles. The van der Waals surface area contributed by atoms with Crippen molar-refractivity contribution in [1.82, 2.24) is 0 Å². The van der Waals surface area contributed by atoms with Crippen LogP contribution in [0.4, 0.5) is 0 Å². The van der Waals surface area contributed by atoms with Crippen LogP contribution in [0.3, 0.4) is 0 Å². The fraction of sp³-hybridized carbons (Fsp3) is 0.571. The summed E-state index contributed by atoms with van der Waals surface area (Å²) in [6.07, 6.45) is 14.2. The number of carbonyl (C=O) groups is 3. The summed E-state index contributed by atoms with van der Waals surface area (Å²) in [5.74, 6) is -0.176. The fourth-order valence-electron chi connectivity index (χ4n) is 13.8. The summed E-state index contributed by atoms with van der Waals surface area (Å²) in [6.45, 7) is 6.37. The van der Waals surface area contributed by atoms with E-state index in [-0.39, 0.29) is 83.8 Å². The molecule has 3 unspecified atom stereocenters. The maximum absolute atomic E-state index is 12.3. The van der Waals surface area contributed by atoms with Gasteiger partial charge in [0.25, 0.3) is 0 Å². The smallest absolute Gasteiger partial charge is 0.348 e. The van der Waals surface area contributed by atoms with E-state index in [9.17, 15) is 50.1 Å². The molecular formula is C77H97Cl9O13S3. The zero-order chi connectivity index (χ0) is 74.4. The summed E-state index contributed by atoms with van der Waals surface area (Å²) in [5, 5.41) is 74.3. The van der Waals surface area contributed by atoms with Gasteiger partial charge in [-0.15, -0.1) is 68.8 Å². The number of thiophene rings is 3. The minimum Gasteiger partial charge on any atom is -0.459 e. The standard InChI is InChI=1S/C26H33Cl3O5S.C26H33Cl3O4S.C25H31Cl3O4S/c1-2-26(33,14-30)15-34-25(32)24-9-7-19(35-24)4-3-5-20-21(23(31)13-22(20)29)8-6-16-10-17(27)12-18(28)11-16;1-3-26(2,32)15-33-25(31)24-10-8-19(34-24)5-4-6-20-21(23(30)14-22(20)29)9-7-16-11-17(27)13-18(28)12-16;1-2-18(29)14-32-25(31)24-9-7-19(33-24)4-3-5-20-21(23(30)13-22(20)28)8-6-15-10-16(26)12-17(27)11-15/h7,9-12,20-23,30-31,33H,2-6,8,13-15H2,1H3;8,10-13,20-23,30,32H,3-7,9,14-15H2,1-2H3;7,9-12,18,20-23,29-30H,2-6,8,13-14H2,1H3/t2*20-,21-,22-,23-,26?;18?,20-,21-,22-,23-/m111/s1. The van der Waals surface area contributed by atoms with Gasteiger partial charge in [-0.3, -0.25) is 0 Å². The molecule has 3 aromatic carbocycles. The highest BCUT2D eigenvalue weighted by atomic mass is 35.5. The van der Waals surface area contributed by atoms with E-state index in [1.54, 1.807) is 50.2 Å². The van der Waals surface area contributed by atoms with Crippen LogP contribution in [0.25, 0.3) is 0 Å². The number of hydrogen-bond acceptors (Lipinski definition) is 16. The molecule has 0 spiro atoms. The second kappa shape index (κ2) is 42.5. The van der Waals surface area contributed by atoms with Crippen molar-refractivity contribution in [2.75, 3.05) is 26.4 Å². The summed E-state index contributed by atoms with van der Waals surface area (Å²) >= 11 is 60.8. The predicted molar refractivity (Wildman–Crippen MR) is 418 cm³/mol. The Morgan fingerprint density at radius 3 is 1.07 bits per heavy atom. The summed E-state index contributed by atoms with van der Waals surface area (Å²) < 4.78 is 15.6. The van der Waals surface area contributed by atoms with Crippen molar-refractivity contribution in [3.8, 4) is 0 Å². The van der Waals surface area contributed by atoms with Crippen molar-refractivity contribution in [3.05, 3.63) is 167 Å². The van der Waals surface area contributed by atoms with Crippen LogP contribution in [0, 0.1) is 35.5 Å². The van der Waals surface area contributed by atoms with E-state index in [2.05, 4.69) is 0 Å². The molecule has 564 valence electrons. The van der Waals surface area contributed by atoms with Crippen molar-refractivity contribution < 1.29 is 64.3 Å². The van der Waals surface area contributed by atoms with Crippen LogP contribution >= 0.6 is 138 Å². The van der Waals surface area contributed by atoms with Crippen LogP contribution in [0.2, 0.25) is 30.1 Å². The van der Waals surface area contributed by atoms with E-state index < -0.39 is 54.2 Å². The van der Waals surface area contributed by atoms with Gasteiger partial charge in [-0.2, -0.15) is 0 Å². The van der Waals surface area contributed by atoms with Crippen LogP contribution in [0.1, 0.15) is 184 Å². The molecule has 0 aliphatic heterocycles. The minimum atomic E-state index is -1.41. The van der Waals surface area contributed by atoms with E-state index in [1.807, 2.05) is 68.4 Å². The molecule has 25 heteroatoms. The Morgan fingerprint density at radius 1 is 0.461 bits per heavy atom. The number of aliphatic hydroxyl groups is 7. The molecule has 102 heavy (non-hydrogen) atoms. The highest BCUT2D eigenvalue weighted by Gasteiger charge is 2.43. The third-order valence-corrected chi connectivity index (χ3v) is 26.2. The Morgan fingerprint density at radius 2 is 0.775 bits per heavy atom. The Kier molecular flexibility index (Phi) is 36.1. The number of carbonyl (C=O) groups excluding carboxylic acids is 3. The molecule has 3 fully saturated rings. The molecule has 3 aliphatic rings. The van der Waals surface area contributed by atoms with Crippen molar-refractivity contribution in [2.45, 2.75) is 214 Å². The topological polar surface area (TPSA) is 221 Å². The summed E-state index contributed by atoms with van der Waals surface area (Å²) in [5.41, 5.74) is 0.784. The SMILES string of the molecule is CCC(C)(O)COC(=O)c1ccc(CCC[C@@H]2[C@@H](CCc3cc(Cl)cc(Cl)c3)[C@H](O)C[C@H]2Cl)s1.CCC(O)(CO)COC(=O)c1ccc(CCC[C@@H]2[C@@H](CCc3cc(Cl)cc(Cl)c3)[C@H](O)C[C@H]2Cl)s1.CCC(O)COC(=O)c1ccc(CCC[C@@H]2[C@@H](CCc3cc(Cl)cc(Cl)c3)[C@H](O)C[C@H]2Cl)s1. The van der Waals surface area contributed by atoms with Crippen LogP contribution in [0.15, 0.2) is 91.0 Å². The molecule has 9 rings (SSSR count). The van der Waals surface area contributed by atoms with Crippen molar-refractivity contribution in [1.29, 1.82) is 0 Å². The average molecular weight is 1650 g/mol. The van der Waals surface area contributed by atoms with Gasteiger partial charge in [0.05, 0.1) is 36.6 Å². The maximum Gasteiger partial charge on any atom is 0.348 e. The Hall–Kier alpha value is -2.50. The average Bonchev–Trinajstić information content (AvgIpc) is 1.68. The van der Waals surface area contributed by atoms with Gasteiger partial charge in [-0.05, 0) is 285 Å². The van der Waals surface area contributed by atoms with Crippen molar-refractivity contribution in [3.63, 3.8) is 0 Å². The zero-order valence-electron chi connectivity index (χ0n) is 58.0. The van der Waals surface area contributed by atoms with Gasteiger partial charge in [0, 0.05) is 60.9 Å². The van der Waals surface area contributed by atoms with Crippen molar-refractivity contribution >= 4 is 156 Å². The van der Waals surface area contributed by atoms with Crippen LogP contribution in [-0.2, 0) is 52.7 Å². The van der Waals surface area contributed by atoms with E-state index in [0.717, 1.165) is 128 Å². The van der Waals surface area contributed by atoms with E-state index in [0.29, 0.717) is 76.9 Å². The van der Waals surface area contributed by atoms with Gasteiger partial charge in [0.1, 0.15) is 40.1 Å². The monoisotopic (exact) mass is 1640 g/mol. The van der Waals surface area contributed by atoms with E-state index in [1.165, 1.54) is 34.0 Å². The first-order valence-electron chi connectivity index (χ1n) is 35.3. The molecule has 7 N–H and O–H groups in total. The fourth-order valence-corrected chi connectivity index (χ4v) is 19.8. The number of alkyl halides is 3. The molecule has 0 amide bonds. The molecule has 0 radical (unpaired) electrons. The first kappa shape index (κ1) is 86.7. The lowest BCUT2D eigenvalue weighted by molar-refractivity contribution is -0.0653. The first-order chi connectivity index (χ1) is 48.5. The second-order valence-corrected chi connectivity index (χ2v) is 35.6. The Labute approximate surface area is 658 Å². The third-order valence-electron chi connectivity index (χ3n) is 20.0. The van der Waals surface area contributed by atoms with Crippen LogP contribution < -0.4 is 0 Å². The highest BCUT2D eigenvalue weighted by Crippen LogP contribution is 2.45. The molecule has 3 aromatic heterocycles. The van der Waals surface area contributed by atoms with Crippen molar-refractivity contribution in [2.24, 2.45) is 35.5 Å². The number of aryl methyl sites for hydroxylation is 6. The molecular weight excluding hydrogens is 1550 g/mol. The number of aliphatic hydroxyl groups excluding tert-OH is 5. The lowest BCUT2D eigenvalue weighted by Gasteiger charge is -2.23. The third kappa shape index (κ3) is 27.6. The Bertz CT molecular complexity index is 3520. The largest absolute Gasteiger partial charge is 0.459 e. The van der Waals surface area contributed by atoms with Gasteiger partial charge in [-0.1, -0.05) is 90.4 Å². The first-order valence-corrected chi connectivity index (χ1v) is 41.3. The molecule has 13 nitrogen and oxygen atoms in total. The number of ether oxygens (including phenoxy) is 3. The number of hydrogen-bond donors (Lipinski definition) is 7. The molecule has 15 atom stereocenters. The van der Waals surface area contributed by atoms with Gasteiger partial charge in [0.2, 0.25) is 0 Å². The maximum atomic E-state index is 12.3. The lowest BCUT2D eigenvalue weighted by Crippen LogP contribution is -2.38. The molecule has 3 heterocycles. The molecule has 6 aromatic rings. The summed E-state index contributed by atoms with van der Waals surface area (Å²) in [7, 11) is 0. The highest BCUT2D eigenvalue weighted by molar-refractivity contribution is 7.14. The molecule has 0 bridgehead atoms. The lowest BCUT2D eigenvalue weighted by atomic mass is 9.85.